The lowest BCUT2D eigenvalue weighted by Crippen LogP contribution is -2.49. The van der Waals surface area contributed by atoms with Crippen LogP contribution >= 0.6 is 0 Å². The fraction of sp³-hybridized carbons (Fsp3) is 0.562. The Kier molecular flexibility index (Phi) is 5.15. The van der Waals surface area contributed by atoms with Gasteiger partial charge >= 0.3 is 0 Å². The van der Waals surface area contributed by atoms with E-state index in [2.05, 4.69) is 18.2 Å². The van der Waals surface area contributed by atoms with Crippen molar-refractivity contribution in [2.45, 2.75) is 32.9 Å². The van der Waals surface area contributed by atoms with Gasteiger partial charge in [-0.25, -0.2) is 0 Å². The van der Waals surface area contributed by atoms with Gasteiger partial charge < -0.3 is 10.0 Å². The van der Waals surface area contributed by atoms with E-state index in [1.165, 1.54) is 11.1 Å². The van der Waals surface area contributed by atoms with Crippen LogP contribution < -0.4 is 0 Å². The number of amides is 1. The molecular weight excluding hydrogens is 252 g/mol. The first kappa shape index (κ1) is 15.0. The largest absolute Gasteiger partial charge is 0.395 e. The minimum absolute atomic E-state index is 0.0916. The minimum Gasteiger partial charge on any atom is -0.395 e. The molecule has 0 bridgehead atoms. The van der Waals surface area contributed by atoms with Gasteiger partial charge in [-0.2, -0.15) is 0 Å². The molecule has 0 aromatic heterocycles. The van der Waals surface area contributed by atoms with Gasteiger partial charge in [-0.05, 0) is 31.0 Å². The molecule has 20 heavy (non-hydrogen) atoms. The molecule has 4 heteroatoms. The summed E-state index contributed by atoms with van der Waals surface area (Å²) in [6.07, 6.45) is 0.931. The maximum atomic E-state index is 12.6. The maximum Gasteiger partial charge on any atom is 0.239 e. The summed E-state index contributed by atoms with van der Waals surface area (Å²) in [6, 6.07) is 8.16. The summed E-state index contributed by atoms with van der Waals surface area (Å²) in [6.45, 7) is 6.86. The predicted molar refractivity (Wildman–Crippen MR) is 79.4 cm³/mol. The molecule has 1 amide bonds. The lowest BCUT2D eigenvalue weighted by Gasteiger charge is -2.34. The van der Waals surface area contributed by atoms with E-state index in [1.807, 2.05) is 29.7 Å². The number of aliphatic hydroxyl groups excluding tert-OH is 1. The molecule has 1 aliphatic rings. The molecule has 0 radical (unpaired) electrons. The van der Waals surface area contributed by atoms with E-state index in [-0.39, 0.29) is 18.6 Å². The smallest absolute Gasteiger partial charge is 0.239 e. The molecule has 0 spiro atoms. The molecule has 1 aromatic carbocycles. The van der Waals surface area contributed by atoms with Crippen LogP contribution in [0.25, 0.3) is 0 Å². The van der Waals surface area contributed by atoms with E-state index >= 15 is 0 Å². The second-order valence-corrected chi connectivity index (χ2v) is 5.31. The van der Waals surface area contributed by atoms with E-state index in [0.717, 1.165) is 19.5 Å². The molecule has 0 aliphatic carbocycles. The van der Waals surface area contributed by atoms with Gasteiger partial charge in [0.25, 0.3) is 0 Å². The van der Waals surface area contributed by atoms with Gasteiger partial charge in [-0.1, -0.05) is 31.2 Å². The molecule has 110 valence electrons. The van der Waals surface area contributed by atoms with Gasteiger partial charge in [0.05, 0.1) is 12.6 Å². The molecule has 0 fully saturated rings. The normalized spacial score (nSPS) is 16.1. The first-order valence-electron chi connectivity index (χ1n) is 7.37. The molecule has 2 rings (SSSR count). The molecule has 1 heterocycles. The van der Waals surface area contributed by atoms with E-state index in [0.29, 0.717) is 13.1 Å². The van der Waals surface area contributed by atoms with E-state index in [9.17, 15) is 4.79 Å². The Bertz CT molecular complexity index is 462. The highest BCUT2D eigenvalue weighted by molar-refractivity contribution is 5.81. The van der Waals surface area contributed by atoms with Gasteiger partial charge in [0.2, 0.25) is 5.91 Å². The molecule has 0 saturated heterocycles. The SMILES string of the molecule is CCN(CCO)C(C)C(=O)N1CCc2ccccc2C1. The van der Waals surface area contributed by atoms with Crippen molar-refractivity contribution < 1.29 is 9.90 Å². The Morgan fingerprint density at radius 3 is 2.75 bits per heavy atom. The van der Waals surface area contributed by atoms with Crippen LogP contribution in [0.3, 0.4) is 0 Å². The van der Waals surface area contributed by atoms with Crippen molar-refractivity contribution in [1.82, 2.24) is 9.80 Å². The molecule has 0 saturated carbocycles. The van der Waals surface area contributed by atoms with Crippen molar-refractivity contribution in [3.8, 4) is 0 Å². The number of aliphatic hydroxyl groups is 1. The van der Waals surface area contributed by atoms with Gasteiger partial charge in [-0.15, -0.1) is 0 Å². The van der Waals surface area contributed by atoms with Gasteiger partial charge in [-0.3, -0.25) is 9.69 Å². The zero-order chi connectivity index (χ0) is 14.5. The van der Waals surface area contributed by atoms with Crippen LogP contribution in [0.2, 0.25) is 0 Å². The number of hydrogen-bond donors (Lipinski definition) is 1. The molecule has 1 unspecified atom stereocenters. The number of likely N-dealkylation sites (N-methyl/N-ethyl adjacent to an activating group) is 1. The van der Waals surface area contributed by atoms with E-state index in [4.69, 9.17) is 5.11 Å². The molecule has 1 N–H and O–H groups in total. The monoisotopic (exact) mass is 276 g/mol. The van der Waals surface area contributed by atoms with Crippen LogP contribution in [-0.2, 0) is 17.8 Å². The van der Waals surface area contributed by atoms with Gasteiger partial charge in [0.1, 0.15) is 0 Å². The fourth-order valence-corrected chi connectivity index (χ4v) is 2.86. The third kappa shape index (κ3) is 3.19. The lowest BCUT2D eigenvalue weighted by atomic mass is 9.99. The summed E-state index contributed by atoms with van der Waals surface area (Å²) in [5.74, 6) is 0.162. The highest BCUT2D eigenvalue weighted by Crippen LogP contribution is 2.19. The molecular formula is C16H24N2O2. The number of hydrogen-bond acceptors (Lipinski definition) is 3. The summed E-state index contributed by atoms with van der Waals surface area (Å²) >= 11 is 0. The average Bonchev–Trinajstić information content (AvgIpc) is 2.50. The topological polar surface area (TPSA) is 43.8 Å². The third-order valence-corrected chi connectivity index (χ3v) is 4.14. The highest BCUT2D eigenvalue weighted by Gasteiger charge is 2.27. The Hall–Kier alpha value is -1.39. The van der Waals surface area contributed by atoms with Gasteiger partial charge in [0, 0.05) is 19.6 Å². The summed E-state index contributed by atoms with van der Waals surface area (Å²) in [7, 11) is 0. The van der Waals surface area contributed by atoms with Gasteiger partial charge in [0.15, 0.2) is 0 Å². The Labute approximate surface area is 121 Å². The Morgan fingerprint density at radius 1 is 1.40 bits per heavy atom. The predicted octanol–water partition coefficient (Wildman–Crippen LogP) is 1.27. The van der Waals surface area contributed by atoms with E-state index < -0.39 is 0 Å². The van der Waals surface area contributed by atoms with Crippen LogP contribution in [0.15, 0.2) is 24.3 Å². The van der Waals surface area contributed by atoms with Crippen LogP contribution in [0.1, 0.15) is 25.0 Å². The zero-order valence-electron chi connectivity index (χ0n) is 12.4. The van der Waals surface area contributed by atoms with Crippen LogP contribution in [0.5, 0.6) is 0 Å². The fourth-order valence-electron chi connectivity index (χ4n) is 2.86. The second kappa shape index (κ2) is 6.86. The van der Waals surface area contributed by atoms with E-state index in [1.54, 1.807) is 0 Å². The number of carbonyl (C=O) groups excluding carboxylic acids is 1. The van der Waals surface area contributed by atoms with Crippen molar-refractivity contribution in [3.63, 3.8) is 0 Å². The number of fused-ring (bicyclic) bond motifs is 1. The molecule has 1 aliphatic heterocycles. The zero-order valence-corrected chi connectivity index (χ0v) is 12.4. The van der Waals surface area contributed by atoms with Crippen molar-refractivity contribution in [1.29, 1.82) is 0 Å². The third-order valence-electron chi connectivity index (χ3n) is 4.14. The molecule has 1 atom stereocenters. The van der Waals surface area contributed by atoms with Crippen LogP contribution in [0, 0.1) is 0 Å². The second-order valence-electron chi connectivity index (χ2n) is 5.31. The first-order chi connectivity index (χ1) is 9.67. The number of carbonyl (C=O) groups is 1. The average molecular weight is 276 g/mol. The number of nitrogens with zero attached hydrogens (tertiary/aromatic N) is 2. The summed E-state index contributed by atoms with van der Waals surface area (Å²) < 4.78 is 0. The van der Waals surface area contributed by atoms with Crippen LogP contribution in [-0.4, -0.2) is 53.1 Å². The number of benzene rings is 1. The van der Waals surface area contributed by atoms with Crippen molar-refractivity contribution >= 4 is 5.91 Å². The maximum absolute atomic E-state index is 12.6. The standard InChI is InChI=1S/C16H24N2O2/c1-3-17(10-11-19)13(2)16(20)18-9-8-14-6-4-5-7-15(14)12-18/h4-7,13,19H,3,8-12H2,1-2H3. The minimum atomic E-state index is -0.169. The Morgan fingerprint density at radius 2 is 2.10 bits per heavy atom. The summed E-state index contributed by atoms with van der Waals surface area (Å²) in [4.78, 5) is 16.5. The number of rotatable bonds is 5. The lowest BCUT2D eigenvalue weighted by molar-refractivity contribution is -0.137. The highest BCUT2D eigenvalue weighted by atomic mass is 16.3. The summed E-state index contributed by atoms with van der Waals surface area (Å²) in [5, 5.41) is 9.07. The van der Waals surface area contributed by atoms with Crippen LogP contribution in [0.4, 0.5) is 0 Å². The Balaban J connectivity index is 2.04. The quantitative estimate of drug-likeness (QED) is 0.881. The molecule has 4 nitrogen and oxygen atoms in total. The van der Waals surface area contributed by atoms with Crippen molar-refractivity contribution in [2.24, 2.45) is 0 Å². The van der Waals surface area contributed by atoms with Crippen molar-refractivity contribution in [2.75, 3.05) is 26.2 Å². The molecule has 1 aromatic rings. The summed E-state index contributed by atoms with van der Waals surface area (Å²) in [5.41, 5.74) is 2.61. The first-order valence-corrected chi connectivity index (χ1v) is 7.37. The van der Waals surface area contributed by atoms with Crippen molar-refractivity contribution in [3.05, 3.63) is 35.4 Å².